The average molecular weight is 347 g/mol. The van der Waals surface area contributed by atoms with Crippen LogP contribution in [-0.2, 0) is 18.8 Å². The Morgan fingerprint density at radius 2 is 2.12 bits per heavy atom. The lowest BCUT2D eigenvalue weighted by atomic mass is 10.2. The standard InChI is InChI=1S/C15H17N5O3S/c1-9-8-24-12(17-9)11-7-23-5-4-20(11)13-10(6-16)14(21)19(3)15(22)18(13)2/h8,11H,4-5,7H2,1-3H3/t11-/m1/s1. The summed E-state index contributed by atoms with van der Waals surface area (Å²) in [5.74, 6) is 0.326. The van der Waals surface area contributed by atoms with Gasteiger partial charge in [0.1, 0.15) is 22.9 Å². The summed E-state index contributed by atoms with van der Waals surface area (Å²) in [6.07, 6.45) is 0. The molecule has 2 aromatic rings. The molecule has 1 aliphatic rings. The minimum atomic E-state index is -0.587. The molecule has 9 heteroatoms. The topological polar surface area (TPSA) is 93.1 Å². The van der Waals surface area contributed by atoms with Crippen molar-refractivity contribution in [2.24, 2.45) is 14.1 Å². The molecule has 0 N–H and O–H groups in total. The molecule has 1 fully saturated rings. The third kappa shape index (κ3) is 2.53. The van der Waals surface area contributed by atoms with Gasteiger partial charge in [0.05, 0.1) is 13.2 Å². The van der Waals surface area contributed by atoms with E-state index in [0.29, 0.717) is 25.6 Å². The van der Waals surface area contributed by atoms with Crippen molar-refractivity contribution < 1.29 is 4.74 Å². The molecule has 0 aromatic carbocycles. The van der Waals surface area contributed by atoms with Crippen LogP contribution in [0.3, 0.4) is 0 Å². The Balaban J connectivity index is 2.21. The molecule has 126 valence electrons. The number of nitrogens with zero attached hydrogens (tertiary/aromatic N) is 5. The fourth-order valence-corrected chi connectivity index (χ4v) is 3.75. The van der Waals surface area contributed by atoms with Crippen molar-refractivity contribution in [3.05, 3.63) is 42.5 Å². The second-order valence-corrected chi connectivity index (χ2v) is 6.52. The first-order valence-corrected chi connectivity index (χ1v) is 8.30. The smallest absolute Gasteiger partial charge is 0.332 e. The van der Waals surface area contributed by atoms with E-state index in [1.807, 2.05) is 23.3 Å². The Labute approximate surface area is 142 Å². The number of rotatable bonds is 2. The second kappa shape index (κ2) is 6.22. The van der Waals surface area contributed by atoms with Crippen LogP contribution in [-0.4, -0.2) is 33.9 Å². The van der Waals surface area contributed by atoms with Gasteiger partial charge in [-0.3, -0.25) is 13.9 Å². The number of hydrogen-bond donors (Lipinski definition) is 0. The van der Waals surface area contributed by atoms with Gasteiger partial charge in [-0.2, -0.15) is 5.26 Å². The van der Waals surface area contributed by atoms with Crippen molar-refractivity contribution in [2.45, 2.75) is 13.0 Å². The van der Waals surface area contributed by atoms with Gasteiger partial charge in [0, 0.05) is 31.7 Å². The highest BCUT2D eigenvalue weighted by atomic mass is 32.1. The summed E-state index contributed by atoms with van der Waals surface area (Å²) in [7, 11) is 2.94. The number of morpholine rings is 1. The van der Waals surface area contributed by atoms with Crippen molar-refractivity contribution in [1.82, 2.24) is 14.1 Å². The summed E-state index contributed by atoms with van der Waals surface area (Å²) in [5, 5.41) is 12.3. The number of ether oxygens (including phenoxy) is 1. The van der Waals surface area contributed by atoms with Crippen LogP contribution >= 0.6 is 11.3 Å². The van der Waals surface area contributed by atoms with Crippen LogP contribution in [0.15, 0.2) is 15.0 Å². The maximum atomic E-state index is 12.3. The van der Waals surface area contributed by atoms with Gasteiger partial charge in [0.2, 0.25) is 0 Å². The Hall–Kier alpha value is -2.44. The highest BCUT2D eigenvalue weighted by Gasteiger charge is 2.32. The van der Waals surface area contributed by atoms with Crippen LogP contribution in [0.25, 0.3) is 0 Å². The molecule has 0 aliphatic carbocycles. The average Bonchev–Trinajstić information content (AvgIpc) is 3.02. The van der Waals surface area contributed by atoms with Gasteiger partial charge >= 0.3 is 5.69 Å². The zero-order valence-corrected chi connectivity index (χ0v) is 14.5. The lowest BCUT2D eigenvalue weighted by molar-refractivity contribution is 0.0931. The van der Waals surface area contributed by atoms with Gasteiger partial charge in [-0.25, -0.2) is 9.78 Å². The predicted octanol–water partition coefficient (Wildman–Crippen LogP) is 0.298. The van der Waals surface area contributed by atoms with Crippen LogP contribution < -0.4 is 16.1 Å². The van der Waals surface area contributed by atoms with Gasteiger partial charge in [-0.15, -0.1) is 11.3 Å². The zero-order valence-electron chi connectivity index (χ0n) is 13.6. The molecule has 3 heterocycles. The third-order valence-corrected chi connectivity index (χ3v) is 5.13. The molecule has 0 bridgehead atoms. The lowest BCUT2D eigenvalue weighted by Gasteiger charge is -2.37. The number of aromatic nitrogens is 3. The molecule has 0 unspecified atom stereocenters. The number of thiazole rings is 1. The maximum Gasteiger partial charge on any atom is 0.332 e. The summed E-state index contributed by atoms with van der Waals surface area (Å²) in [4.78, 5) is 31.0. The van der Waals surface area contributed by atoms with E-state index in [1.54, 1.807) is 7.05 Å². The molecule has 0 amide bonds. The molecular formula is C15H17N5O3S. The normalized spacial score (nSPS) is 17.8. The van der Waals surface area contributed by atoms with E-state index in [4.69, 9.17) is 4.74 Å². The summed E-state index contributed by atoms with van der Waals surface area (Å²) in [5.41, 5.74) is -0.190. The van der Waals surface area contributed by atoms with Gasteiger partial charge in [-0.1, -0.05) is 0 Å². The quantitative estimate of drug-likeness (QED) is 0.776. The Morgan fingerprint density at radius 1 is 1.38 bits per heavy atom. The van der Waals surface area contributed by atoms with Crippen LogP contribution in [0.1, 0.15) is 22.3 Å². The lowest BCUT2D eigenvalue weighted by Crippen LogP contribution is -2.47. The first-order valence-electron chi connectivity index (χ1n) is 7.42. The van der Waals surface area contributed by atoms with Gasteiger partial charge in [0.25, 0.3) is 5.56 Å². The van der Waals surface area contributed by atoms with Crippen LogP contribution in [0.2, 0.25) is 0 Å². The summed E-state index contributed by atoms with van der Waals surface area (Å²) in [6.45, 7) is 3.22. The molecule has 0 saturated carbocycles. The molecule has 3 rings (SSSR count). The number of anilines is 1. The molecule has 24 heavy (non-hydrogen) atoms. The predicted molar refractivity (Wildman–Crippen MR) is 89.4 cm³/mol. The molecule has 1 atom stereocenters. The first-order chi connectivity index (χ1) is 11.5. The summed E-state index contributed by atoms with van der Waals surface area (Å²) in [6, 6.07) is 1.72. The van der Waals surface area contributed by atoms with E-state index in [0.717, 1.165) is 15.3 Å². The number of hydrogen-bond acceptors (Lipinski definition) is 7. The molecule has 0 spiro atoms. The van der Waals surface area contributed by atoms with Crippen molar-refractivity contribution in [1.29, 1.82) is 5.26 Å². The van der Waals surface area contributed by atoms with Gasteiger partial charge in [0.15, 0.2) is 5.56 Å². The number of aryl methyl sites for hydroxylation is 1. The molecule has 1 saturated heterocycles. The Kier molecular flexibility index (Phi) is 4.26. The Morgan fingerprint density at radius 3 is 2.75 bits per heavy atom. The molecule has 1 aliphatic heterocycles. The summed E-state index contributed by atoms with van der Waals surface area (Å²) >= 11 is 1.50. The van der Waals surface area contributed by atoms with Crippen LogP contribution in [0.4, 0.5) is 5.82 Å². The molecule has 2 aromatic heterocycles. The molecular weight excluding hydrogens is 330 g/mol. The van der Waals surface area contributed by atoms with Crippen LogP contribution in [0, 0.1) is 18.3 Å². The van der Waals surface area contributed by atoms with E-state index < -0.39 is 11.2 Å². The van der Waals surface area contributed by atoms with Crippen molar-refractivity contribution in [3.8, 4) is 6.07 Å². The van der Waals surface area contributed by atoms with E-state index in [2.05, 4.69) is 4.98 Å². The third-order valence-electron chi connectivity index (χ3n) is 4.07. The van der Waals surface area contributed by atoms with E-state index in [1.165, 1.54) is 23.0 Å². The minimum Gasteiger partial charge on any atom is -0.377 e. The van der Waals surface area contributed by atoms with Crippen molar-refractivity contribution in [3.63, 3.8) is 0 Å². The highest BCUT2D eigenvalue weighted by Crippen LogP contribution is 2.31. The fraction of sp³-hybridized carbons (Fsp3) is 0.467. The SMILES string of the molecule is Cc1csc([C@H]2COCCN2c2c(C#N)c(=O)n(C)c(=O)n2C)n1. The molecule has 0 radical (unpaired) electrons. The van der Waals surface area contributed by atoms with Crippen LogP contribution in [0.5, 0.6) is 0 Å². The van der Waals surface area contributed by atoms with Gasteiger partial charge < -0.3 is 9.64 Å². The zero-order chi connectivity index (χ0) is 17.4. The van der Waals surface area contributed by atoms with E-state index >= 15 is 0 Å². The highest BCUT2D eigenvalue weighted by molar-refractivity contribution is 7.09. The minimum absolute atomic E-state index is 0.0419. The van der Waals surface area contributed by atoms with E-state index in [9.17, 15) is 14.9 Å². The molecule has 8 nitrogen and oxygen atoms in total. The Bertz CT molecular complexity index is 936. The van der Waals surface area contributed by atoms with Crippen molar-refractivity contribution >= 4 is 17.2 Å². The van der Waals surface area contributed by atoms with E-state index in [-0.39, 0.29) is 11.6 Å². The number of nitriles is 1. The fourth-order valence-electron chi connectivity index (χ4n) is 2.85. The summed E-state index contributed by atoms with van der Waals surface area (Å²) < 4.78 is 7.86. The first kappa shape index (κ1) is 16.4. The second-order valence-electron chi connectivity index (χ2n) is 5.63. The van der Waals surface area contributed by atoms with Crippen molar-refractivity contribution in [2.75, 3.05) is 24.7 Å². The maximum absolute atomic E-state index is 12.3. The monoisotopic (exact) mass is 347 g/mol. The van der Waals surface area contributed by atoms with Gasteiger partial charge in [-0.05, 0) is 6.92 Å². The largest absolute Gasteiger partial charge is 0.377 e.